The van der Waals surface area contributed by atoms with Gasteiger partial charge in [0, 0.05) is 25.4 Å². The van der Waals surface area contributed by atoms with E-state index in [-0.39, 0.29) is 29.8 Å². The van der Waals surface area contributed by atoms with E-state index < -0.39 is 0 Å². The summed E-state index contributed by atoms with van der Waals surface area (Å²) in [5.41, 5.74) is 1.68. The number of benzene rings is 1. The number of amides is 1. The van der Waals surface area contributed by atoms with Crippen molar-refractivity contribution in [3.05, 3.63) is 29.3 Å². The van der Waals surface area contributed by atoms with Crippen molar-refractivity contribution >= 4 is 11.7 Å². The Labute approximate surface area is 117 Å². The molecule has 0 N–H and O–H groups in total. The van der Waals surface area contributed by atoms with Crippen molar-refractivity contribution in [3.63, 3.8) is 0 Å². The summed E-state index contributed by atoms with van der Waals surface area (Å²) in [6.07, 6.45) is 2.05. The van der Waals surface area contributed by atoms with Gasteiger partial charge in [0.1, 0.15) is 11.9 Å². The fourth-order valence-electron chi connectivity index (χ4n) is 3.97. The molecular formula is C16H17NO3. The van der Waals surface area contributed by atoms with Crippen LogP contribution in [0.5, 0.6) is 5.75 Å². The summed E-state index contributed by atoms with van der Waals surface area (Å²) in [4.78, 5) is 26.7. The third kappa shape index (κ3) is 1.48. The number of rotatable bonds is 0. The second-order valence-corrected chi connectivity index (χ2v) is 5.98. The number of hydrogen-bond donors (Lipinski definition) is 0. The number of piperidine rings is 1. The molecular weight excluding hydrogens is 254 g/mol. The minimum absolute atomic E-state index is 0.0431. The lowest BCUT2D eigenvalue weighted by molar-refractivity contribution is -0.131. The largest absolute Gasteiger partial charge is 0.489 e. The number of Topliss-reactive ketones (excluding diaryl/α,β-unsaturated/α-hetero) is 1. The van der Waals surface area contributed by atoms with E-state index in [9.17, 15) is 9.59 Å². The molecule has 4 heteroatoms. The van der Waals surface area contributed by atoms with Crippen LogP contribution in [-0.4, -0.2) is 35.3 Å². The number of carbonyl (C=O) groups is 2. The van der Waals surface area contributed by atoms with Crippen molar-refractivity contribution in [1.29, 1.82) is 0 Å². The summed E-state index contributed by atoms with van der Waals surface area (Å²) in [6.45, 7) is 2.67. The predicted molar refractivity (Wildman–Crippen MR) is 72.8 cm³/mol. The Kier molecular flexibility index (Phi) is 2.43. The Hall–Kier alpha value is -1.84. The molecule has 1 amide bonds. The second-order valence-electron chi connectivity index (χ2n) is 5.98. The van der Waals surface area contributed by atoms with Crippen LogP contribution in [0.1, 0.15) is 35.2 Å². The monoisotopic (exact) mass is 271 g/mol. The summed E-state index contributed by atoms with van der Waals surface area (Å²) in [5.74, 6) is 0.897. The van der Waals surface area contributed by atoms with Crippen molar-refractivity contribution in [2.24, 2.45) is 5.92 Å². The molecule has 3 aliphatic rings. The van der Waals surface area contributed by atoms with Gasteiger partial charge in [-0.15, -0.1) is 0 Å². The number of hydrogen-bond acceptors (Lipinski definition) is 3. The minimum atomic E-state index is -0.177. The lowest BCUT2D eigenvalue weighted by atomic mass is 9.78. The van der Waals surface area contributed by atoms with Gasteiger partial charge in [0.2, 0.25) is 5.91 Å². The fraction of sp³-hybridized carbons (Fsp3) is 0.500. The number of nitrogens with zero attached hydrogens (tertiary/aromatic N) is 1. The highest BCUT2D eigenvalue weighted by Gasteiger charge is 2.50. The molecule has 104 valence electrons. The molecule has 1 aromatic carbocycles. The molecule has 2 saturated heterocycles. The number of aryl methyl sites for hydroxylation is 1. The third-order valence-corrected chi connectivity index (χ3v) is 4.91. The van der Waals surface area contributed by atoms with Crippen molar-refractivity contribution in [2.75, 3.05) is 6.54 Å². The van der Waals surface area contributed by atoms with Crippen LogP contribution in [0.2, 0.25) is 0 Å². The molecule has 20 heavy (non-hydrogen) atoms. The average molecular weight is 271 g/mol. The lowest BCUT2D eigenvalue weighted by Gasteiger charge is -2.44. The van der Waals surface area contributed by atoms with E-state index in [4.69, 9.17) is 4.74 Å². The SMILES string of the molecule is Cc1cccc2c1C(=O)C1C(CCN3C(=O)CCC13)O2. The minimum Gasteiger partial charge on any atom is -0.489 e. The van der Waals surface area contributed by atoms with Crippen molar-refractivity contribution < 1.29 is 14.3 Å². The molecule has 0 aromatic heterocycles. The highest BCUT2D eigenvalue weighted by atomic mass is 16.5. The molecule has 1 aromatic rings. The number of ether oxygens (including phenoxy) is 1. The average Bonchev–Trinajstić information content (AvgIpc) is 2.80. The molecule has 0 radical (unpaired) electrons. The van der Waals surface area contributed by atoms with Gasteiger partial charge >= 0.3 is 0 Å². The molecule has 3 aliphatic heterocycles. The molecule has 3 atom stereocenters. The van der Waals surface area contributed by atoms with Crippen LogP contribution in [0.15, 0.2) is 18.2 Å². The first-order valence-corrected chi connectivity index (χ1v) is 7.27. The van der Waals surface area contributed by atoms with Gasteiger partial charge in [-0.05, 0) is 25.0 Å². The normalized spacial score (nSPS) is 31.4. The Morgan fingerprint density at radius 2 is 2.10 bits per heavy atom. The maximum Gasteiger partial charge on any atom is 0.222 e. The Balaban J connectivity index is 1.78. The highest BCUT2D eigenvalue weighted by Crippen LogP contribution is 2.42. The van der Waals surface area contributed by atoms with E-state index >= 15 is 0 Å². The van der Waals surface area contributed by atoms with Crippen molar-refractivity contribution in [1.82, 2.24) is 4.90 Å². The van der Waals surface area contributed by atoms with E-state index in [1.165, 1.54) is 0 Å². The second kappa shape index (κ2) is 4.08. The van der Waals surface area contributed by atoms with Gasteiger partial charge in [-0.25, -0.2) is 0 Å². The molecule has 3 heterocycles. The van der Waals surface area contributed by atoms with Crippen molar-refractivity contribution in [3.8, 4) is 5.75 Å². The van der Waals surface area contributed by atoms with E-state index in [0.29, 0.717) is 12.2 Å². The summed E-state index contributed by atoms with van der Waals surface area (Å²) < 4.78 is 6.07. The van der Waals surface area contributed by atoms with Gasteiger partial charge in [0.15, 0.2) is 5.78 Å². The first-order chi connectivity index (χ1) is 9.66. The Bertz CT molecular complexity index is 610. The molecule has 4 nitrogen and oxygen atoms in total. The fourth-order valence-corrected chi connectivity index (χ4v) is 3.97. The molecule has 0 aliphatic carbocycles. The van der Waals surface area contributed by atoms with Crippen LogP contribution in [0.3, 0.4) is 0 Å². The van der Waals surface area contributed by atoms with Gasteiger partial charge in [0.25, 0.3) is 0 Å². The predicted octanol–water partition coefficient (Wildman–Crippen LogP) is 1.95. The third-order valence-electron chi connectivity index (χ3n) is 4.91. The topological polar surface area (TPSA) is 46.6 Å². The molecule has 2 fully saturated rings. The van der Waals surface area contributed by atoms with E-state index in [2.05, 4.69) is 0 Å². The molecule has 0 bridgehead atoms. The zero-order valence-electron chi connectivity index (χ0n) is 11.5. The van der Waals surface area contributed by atoms with Crippen LogP contribution in [0.4, 0.5) is 0 Å². The van der Waals surface area contributed by atoms with Crippen LogP contribution in [0.25, 0.3) is 0 Å². The Morgan fingerprint density at radius 1 is 1.25 bits per heavy atom. The number of carbonyl (C=O) groups excluding carboxylic acids is 2. The van der Waals surface area contributed by atoms with Gasteiger partial charge in [-0.2, -0.15) is 0 Å². The molecule has 0 spiro atoms. The first-order valence-electron chi connectivity index (χ1n) is 7.27. The lowest BCUT2D eigenvalue weighted by Crippen LogP contribution is -2.55. The maximum absolute atomic E-state index is 12.9. The van der Waals surface area contributed by atoms with Gasteiger partial charge < -0.3 is 9.64 Å². The van der Waals surface area contributed by atoms with Crippen molar-refractivity contribution in [2.45, 2.75) is 38.3 Å². The number of ketones is 1. The zero-order valence-corrected chi connectivity index (χ0v) is 11.5. The van der Waals surface area contributed by atoms with Gasteiger partial charge in [0.05, 0.1) is 11.5 Å². The summed E-state index contributed by atoms with van der Waals surface area (Å²) in [7, 11) is 0. The van der Waals surface area contributed by atoms with Gasteiger partial charge in [-0.1, -0.05) is 12.1 Å². The quantitative estimate of drug-likeness (QED) is 0.724. The standard InChI is InChI=1S/C16H17NO3/c1-9-3-2-4-11-14(9)16(19)15-10-5-6-13(18)17(10)8-7-12(15)20-11/h2-4,10,12,15H,5-8H2,1H3. The van der Waals surface area contributed by atoms with E-state index in [1.807, 2.05) is 30.0 Å². The summed E-state index contributed by atoms with van der Waals surface area (Å²) in [5, 5.41) is 0. The van der Waals surface area contributed by atoms with Crippen LogP contribution in [-0.2, 0) is 4.79 Å². The van der Waals surface area contributed by atoms with E-state index in [1.54, 1.807) is 0 Å². The van der Waals surface area contributed by atoms with Crippen LogP contribution >= 0.6 is 0 Å². The van der Waals surface area contributed by atoms with E-state index in [0.717, 1.165) is 30.5 Å². The highest BCUT2D eigenvalue weighted by molar-refractivity contribution is 6.04. The van der Waals surface area contributed by atoms with Gasteiger partial charge in [-0.3, -0.25) is 9.59 Å². The smallest absolute Gasteiger partial charge is 0.222 e. The molecule has 0 saturated carbocycles. The van der Waals surface area contributed by atoms with Crippen LogP contribution < -0.4 is 4.74 Å². The van der Waals surface area contributed by atoms with Crippen LogP contribution in [0, 0.1) is 12.8 Å². The summed E-state index contributed by atoms with van der Waals surface area (Å²) in [6, 6.07) is 5.79. The zero-order chi connectivity index (χ0) is 13.9. The summed E-state index contributed by atoms with van der Waals surface area (Å²) >= 11 is 0. The first kappa shape index (κ1) is 11.9. The number of fused-ring (bicyclic) bond motifs is 4. The molecule has 4 rings (SSSR count). The molecule has 3 unspecified atom stereocenters. The Morgan fingerprint density at radius 3 is 2.95 bits per heavy atom. The maximum atomic E-state index is 12.9.